The Morgan fingerprint density at radius 1 is 1.50 bits per heavy atom. The van der Waals surface area contributed by atoms with Crippen LogP contribution in [0, 0.1) is 0 Å². The van der Waals surface area contributed by atoms with Crippen LogP contribution in [0.1, 0.15) is 0 Å². The average Bonchev–Trinajstić information content (AvgIpc) is 1.99. The Labute approximate surface area is 67.3 Å². The summed E-state index contributed by atoms with van der Waals surface area (Å²) >= 11 is 0. The smallest absolute Gasteiger partial charge is 0.226 e. The quantitative estimate of drug-likeness (QED) is 0.385. The van der Waals surface area contributed by atoms with Crippen molar-refractivity contribution in [3.63, 3.8) is 0 Å². The molecule has 0 saturated carbocycles. The van der Waals surface area contributed by atoms with E-state index in [1.165, 1.54) is 0 Å². The first-order valence-electron chi connectivity index (χ1n) is 3.16. The molecule has 1 aliphatic rings. The van der Waals surface area contributed by atoms with E-state index in [-0.39, 0.29) is 0 Å². The van der Waals surface area contributed by atoms with Crippen LogP contribution in [-0.4, -0.2) is 39.8 Å². The highest BCUT2D eigenvalue weighted by molar-refractivity contribution is 5.82. The topological polar surface area (TPSA) is 110 Å². The lowest BCUT2D eigenvalue weighted by Gasteiger charge is -2.28. The van der Waals surface area contributed by atoms with Gasteiger partial charge in [0.15, 0.2) is 0 Å². The molecule has 0 bridgehead atoms. The molecular formula is C6H7O6-. The van der Waals surface area contributed by atoms with Gasteiger partial charge in [-0.05, 0) is 6.08 Å². The molecule has 0 fully saturated rings. The van der Waals surface area contributed by atoms with Crippen molar-refractivity contribution in [3.05, 3.63) is 11.8 Å². The van der Waals surface area contributed by atoms with Crippen molar-refractivity contribution in [3.8, 4) is 0 Å². The summed E-state index contributed by atoms with van der Waals surface area (Å²) in [4.78, 5) is 10.1. The number of hydrogen-bond acceptors (Lipinski definition) is 6. The van der Waals surface area contributed by atoms with Gasteiger partial charge >= 0.3 is 0 Å². The van der Waals surface area contributed by atoms with Crippen LogP contribution in [0.5, 0.6) is 0 Å². The van der Waals surface area contributed by atoms with E-state index < -0.39 is 30.2 Å². The summed E-state index contributed by atoms with van der Waals surface area (Å²) in [5.74, 6) is -2.33. The number of aliphatic hydroxyl groups is 3. The average molecular weight is 175 g/mol. The minimum Gasteiger partial charge on any atom is -0.542 e. The van der Waals surface area contributed by atoms with Crippen molar-refractivity contribution in [2.75, 3.05) is 0 Å². The molecule has 0 aliphatic carbocycles. The van der Waals surface area contributed by atoms with Gasteiger partial charge < -0.3 is 30.0 Å². The Bertz CT molecular complexity index is 222. The lowest BCUT2D eigenvalue weighted by atomic mass is 10.1. The van der Waals surface area contributed by atoms with E-state index in [2.05, 4.69) is 4.74 Å². The van der Waals surface area contributed by atoms with Crippen LogP contribution in [0.3, 0.4) is 0 Å². The second kappa shape index (κ2) is 3.10. The molecule has 6 nitrogen and oxygen atoms in total. The Morgan fingerprint density at radius 2 is 2.08 bits per heavy atom. The van der Waals surface area contributed by atoms with Crippen LogP contribution >= 0.6 is 0 Å². The summed E-state index contributed by atoms with van der Waals surface area (Å²) < 4.78 is 4.28. The third-order valence-corrected chi connectivity index (χ3v) is 1.41. The Morgan fingerprint density at radius 3 is 2.50 bits per heavy atom. The predicted molar refractivity (Wildman–Crippen MR) is 32.2 cm³/mol. The summed E-state index contributed by atoms with van der Waals surface area (Å²) in [5, 5.41) is 36.7. The molecule has 12 heavy (non-hydrogen) atoms. The molecule has 3 N–H and O–H groups in total. The Hall–Kier alpha value is -1.11. The van der Waals surface area contributed by atoms with Crippen LogP contribution in [0.15, 0.2) is 11.8 Å². The second-order valence-electron chi connectivity index (χ2n) is 2.31. The van der Waals surface area contributed by atoms with Gasteiger partial charge in [-0.2, -0.15) is 0 Å². The van der Waals surface area contributed by atoms with Gasteiger partial charge in [0.25, 0.3) is 0 Å². The first-order chi connectivity index (χ1) is 5.52. The summed E-state index contributed by atoms with van der Waals surface area (Å²) in [5.41, 5.74) is 0. The van der Waals surface area contributed by atoms with E-state index >= 15 is 0 Å². The lowest BCUT2D eigenvalue weighted by Crippen LogP contribution is -2.44. The molecular weight excluding hydrogens is 168 g/mol. The van der Waals surface area contributed by atoms with Gasteiger partial charge in [-0.1, -0.05) is 0 Å². The van der Waals surface area contributed by atoms with E-state index in [1.54, 1.807) is 0 Å². The number of carbonyl (C=O) groups is 1. The molecule has 1 aliphatic heterocycles. The highest BCUT2D eigenvalue weighted by Gasteiger charge is 2.30. The summed E-state index contributed by atoms with van der Waals surface area (Å²) in [6, 6.07) is 0. The molecule has 0 amide bonds. The number of rotatable bonds is 1. The standard InChI is InChI=1S/C6H8O6/c7-2-1-3(5(9)10)12-6(11)4(2)8/h1-2,4,6-8,11H,(H,9,10)/p-1/t2-,4+,6-/m0/s1. The van der Waals surface area contributed by atoms with E-state index in [4.69, 9.17) is 15.3 Å². The SMILES string of the molecule is O=C([O-])C1=C[C@H](O)[C@@H](O)[C@@H](O)O1. The molecule has 0 saturated heterocycles. The third kappa shape index (κ3) is 1.55. The molecule has 0 aromatic rings. The fourth-order valence-corrected chi connectivity index (χ4v) is 0.778. The monoisotopic (exact) mass is 175 g/mol. The van der Waals surface area contributed by atoms with E-state index in [0.717, 1.165) is 6.08 Å². The fraction of sp³-hybridized carbons (Fsp3) is 0.500. The zero-order valence-corrected chi connectivity index (χ0v) is 5.88. The molecule has 6 heteroatoms. The van der Waals surface area contributed by atoms with Gasteiger partial charge in [0.1, 0.15) is 23.9 Å². The highest BCUT2D eigenvalue weighted by atomic mass is 16.6. The molecule has 1 heterocycles. The first-order valence-corrected chi connectivity index (χ1v) is 3.16. The van der Waals surface area contributed by atoms with E-state index in [1.807, 2.05) is 0 Å². The van der Waals surface area contributed by atoms with Gasteiger partial charge in [0.05, 0.1) is 0 Å². The van der Waals surface area contributed by atoms with E-state index in [0.29, 0.717) is 0 Å². The number of aliphatic hydroxyl groups excluding tert-OH is 3. The molecule has 68 valence electrons. The molecule has 0 radical (unpaired) electrons. The minimum atomic E-state index is -1.74. The van der Waals surface area contributed by atoms with E-state index in [9.17, 15) is 9.90 Å². The Balaban J connectivity index is 2.81. The molecule has 0 aromatic carbocycles. The molecule has 0 spiro atoms. The van der Waals surface area contributed by atoms with Gasteiger partial charge in [-0.3, -0.25) is 0 Å². The maximum absolute atomic E-state index is 10.1. The molecule has 3 atom stereocenters. The maximum Gasteiger partial charge on any atom is 0.226 e. The van der Waals surface area contributed by atoms with Crippen LogP contribution < -0.4 is 5.11 Å². The summed E-state index contributed by atoms with van der Waals surface area (Å²) in [6.45, 7) is 0. The van der Waals surface area contributed by atoms with Crippen molar-refractivity contribution in [2.45, 2.75) is 18.5 Å². The number of hydrogen-bond donors (Lipinski definition) is 3. The largest absolute Gasteiger partial charge is 0.542 e. The summed E-state index contributed by atoms with van der Waals surface area (Å²) in [6.07, 6.45) is -3.97. The number of carboxylic acids is 1. The van der Waals surface area contributed by atoms with Crippen LogP contribution in [-0.2, 0) is 9.53 Å². The number of carboxylic acid groups (broad SMARTS) is 1. The molecule has 1 rings (SSSR count). The zero-order chi connectivity index (χ0) is 9.30. The van der Waals surface area contributed by atoms with Crippen LogP contribution in [0.25, 0.3) is 0 Å². The van der Waals surface area contributed by atoms with Crippen molar-refractivity contribution in [1.29, 1.82) is 0 Å². The van der Waals surface area contributed by atoms with Crippen LogP contribution in [0.4, 0.5) is 0 Å². The minimum absolute atomic E-state index is 0.680. The van der Waals surface area contributed by atoms with Gasteiger partial charge in [-0.15, -0.1) is 0 Å². The third-order valence-electron chi connectivity index (χ3n) is 1.41. The summed E-state index contributed by atoms with van der Waals surface area (Å²) in [7, 11) is 0. The first kappa shape index (κ1) is 8.98. The van der Waals surface area contributed by atoms with Gasteiger partial charge in [0.2, 0.25) is 6.29 Å². The van der Waals surface area contributed by atoms with Gasteiger partial charge in [-0.25, -0.2) is 0 Å². The van der Waals surface area contributed by atoms with Crippen molar-refractivity contribution in [1.82, 2.24) is 0 Å². The predicted octanol–water partition coefficient (Wildman–Crippen LogP) is -3.31. The Kier molecular flexibility index (Phi) is 2.32. The van der Waals surface area contributed by atoms with Crippen molar-refractivity contribution in [2.24, 2.45) is 0 Å². The normalized spacial score (nSPS) is 35.2. The van der Waals surface area contributed by atoms with Crippen molar-refractivity contribution >= 4 is 5.97 Å². The number of aliphatic carboxylic acids is 1. The van der Waals surface area contributed by atoms with Gasteiger partial charge in [0, 0.05) is 0 Å². The number of ether oxygens (including phenoxy) is 1. The number of carbonyl (C=O) groups excluding carboxylic acids is 1. The highest BCUT2D eigenvalue weighted by Crippen LogP contribution is 2.15. The molecule has 0 unspecified atom stereocenters. The second-order valence-corrected chi connectivity index (χ2v) is 2.31. The zero-order valence-electron chi connectivity index (χ0n) is 5.88. The fourth-order valence-electron chi connectivity index (χ4n) is 0.778. The van der Waals surface area contributed by atoms with Crippen LogP contribution in [0.2, 0.25) is 0 Å². The molecule has 0 aromatic heterocycles. The van der Waals surface area contributed by atoms with Crippen molar-refractivity contribution < 1.29 is 30.0 Å². The maximum atomic E-state index is 10.1. The lowest BCUT2D eigenvalue weighted by molar-refractivity contribution is -0.308.